The number of rotatable bonds is 4. The second-order valence-corrected chi connectivity index (χ2v) is 8.29. The highest BCUT2D eigenvalue weighted by molar-refractivity contribution is 8.00. The third-order valence-electron chi connectivity index (χ3n) is 4.23. The summed E-state index contributed by atoms with van der Waals surface area (Å²) in [5.74, 6) is 0.950. The van der Waals surface area contributed by atoms with Crippen LogP contribution >= 0.6 is 11.8 Å². The zero-order chi connectivity index (χ0) is 15.5. The Hall–Kier alpha value is -0.740. The minimum Gasteiger partial charge on any atom is -0.370 e. The topological polar surface area (TPSA) is 29.3 Å². The third kappa shape index (κ3) is 4.62. The maximum absolute atomic E-state index is 13.6. The van der Waals surface area contributed by atoms with Crippen molar-refractivity contribution in [2.75, 3.05) is 23.7 Å². The van der Waals surface area contributed by atoms with E-state index in [1.807, 2.05) is 17.8 Å². The van der Waals surface area contributed by atoms with Gasteiger partial charge in [-0.1, -0.05) is 20.8 Å². The van der Waals surface area contributed by atoms with Crippen molar-refractivity contribution in [2.45, 2.75) is 50.8 Å². The zero-order valence-corrected chi connectivity index (χ0v) is 14.2. The summed E-state index contributed by atoms with van der Waals surface area (Å²) in [6.07, 6.45) is 2.81. The summed E-state index contributed by atoms with van der Waals surface area (Å²) in [6.45, 7) is 8.74. The van der Waals surface area contributed by atoms with Crippen molar-refractivity contribution in [3.05, 3.63) is 29.6 Å². The normalized spacial score (nSPS) is 20.1. The zero-order valence-electron chi connectivity index (χ0n) is 13.4. The van der Waals surface area contributed by atoms with Gasteiger partial charge < -0.3 is 10.6 Å². The van der Waals surface area contributed by atoms with Crippen molar-refractivity contribution >= 4 is 17.4 Å². The maximum atomic E-state index is 13.6. The molecule has 1 aliphatic rings. The molecule has 0 aromatic heterocycles. The first-order valence-electron chi connectivity index (χ1n) is 7.84. The minimum absolute atomic E-state index is 0.100. The van der Waals surface area contributed by atoms with Gasteiger partial charge in [-0.05, 0) is 43.0 Å². The van der Waals surface area contributed by atoms with Crippen LogP contribution in [0.2, 0.25) is 0 Å². The molecule has 1 heterocycles. The van der Waals surface area contributed by atoms with Crippen molar-refractivity contribution in [3.8, 4) is 0 Å². The highest BCUT2D eigenvalue weighted by Gasteiger charge is 2.25. The third-order valence-corrected chi connectivity index (χ3v) is 5.60. The van der Waals surface area contributed by atoms with E-state index in [1.54, 1.807) is 12.1 Å². The lowest BCUT2D eigenvalue weighted by molar-refractivity contribution is 0.608. The molecule has 0 aliphatic carbocycles. The van der Waals surface area contributed by atoms with Crippen molar-refractivity contribution in [1.82, 2.24) is 0 Å². The summed E-state index contributed by atoms with van der Waals surface area (Å²) in [7, 11) is 0. The lowest BCUT2D eigenvalue weighted by atomic mass is 10.0. The number of hydrogen-bond donors (Lipinski definition) is 1. The smallest absolute Gasteiger partial charge is 0.123 e. The van der Waals surface area contributed by atoms with Crippen LogP contribution in [0.25, 0.3) is 0 Å². The van der Waals surface area contributed by atoms with Gasteiger partial charge in [0, 0.05) is 35.3 Å². The molecule has 0 amide bonds. The largest absolute Gasteiger partial charge is 0.370 e. The van der Waals surface area contributed by atoms with E-state index in [2.05, 4.69) is 25.7 Å². The molecule has 2 rings (SSSR count). The van der Waals surface area contributed by atoms with Gasteiger partial charge in [0.15, 0.2) is 0 Å². The fourth-order valence-electron chi connectivity index (χ4n) is 2.71. The lowest BCUT2D eigenvalue weighted by Gasteiger charge is -2.27. The first kappa shape index (κ1) is 16.6. The number of benzene rings is 1. The molecule has 2 N–H and O–H groups in total. The van der Waals surface area contributed by atoms with E-state index in [-0.39, 0.29) is 11.9 Å². The monoisotopic (exact) mass is 310 g/mol. The highest BCUT2D eigenvalue weighted by atomic mass is 32.2. The Balaban J connectivity index is 2.21. The molecule has 2 nitrogen and oxygen atoms in total. The predicted octanol–water partition coefficient (Wildman–Crippen LogP) is 3.83. The molecule has 1 unspecified atom stereocenters. The summed E-state index contributed by atoms with van der Waals surface area (Å²) in [6, 6.07) is 5.26. The molecule has 118 valence electrons. The molecule has 0 spiro atoms. The molecule has 1 aromatic rings. The van der Waals surface area contributed by atoms with Crippen molar-refractivity contribution in [1.29, 1.82) is 0 Å². The van der Waals surface area contributed by atoms with Crippen molar-refractivity contribution in [2.24, 2.45) is 5.73 Å². The molecule has 0 saturated carbocycles. The Kier molecular flexibility index (Phi) is 5.55. The van der Waals surface area contributed by atoms with Gasteiger partial charge >= 0.3 is 0 Å². The van der Waals surface area contributed by atoms with Crippen LogP contribution in [0.4, 0.5) is 10.1 Å². The Bertz CT molecular complexity index is 476. The molecule has 1 fully saturated rings. The van der Waals surface area contributed by atoms with E-state index >= 15 is 0 Å². The summed E-state index contributed by atoms with van der Waals surface area (Å²) in [5, 5.41) is 0. The predicted molar refractivity (Wildman–Crippen MR) is 91.7 cm³/mol. The highest BCUT2D eigenvalue weighted by Crippen LogP contribution is 2.33. The molecule has 1 aliphatic heterocycles. The second kappa shape index (κ2) is 7.01. The lowest BCUT2D eigenvalue weighted by Crippen LogP contribution is -2.29. The first-order chi connectivity index (χ1) is 9.91. The number of anilines is 1. The quantitative estimate of drug-likeness (QED) is 0.916. The number of halogens is 1. The first-order valence-corrected chi connectivity index (χ1v) is 8.83. The van der Waals surface area contributed by atoms with E-state index in [1.165, 1.54) is 5.69 Å². The van der Waals surface area contributed by atoms with Gasteiger partial charge in [-0.25, -0.2) is 4.39 Å². The number of nitrogens with two attached hydrogens (primary N) is 1. The van der Waals surface area contributed by atoms with Crippen LogP contribution in [0.5, 0.6) is 0 Å². The van der Waals surface area contributed by atoms with E-state index in [9.17, 15) is 4.39 Å². The van der Waals surface area contributed by atoms with Gasteiger partial charge in [0.2, 0.25) is 0 Å². The molecule has 1 saturated heterocycles. The SMILES string of the molecule is CCC(N)Cc1cc(F)ccc1N1CCSC(C)(C)CC1. The van der Waals surface area contributed by atoms with E-state index in [0.29, 0.717) is 4.75 Å². The van der Waals surface area contributed by atoms with E-state index in [4.69, 9.17) is 5.73 Å². The van der Waals surface area contributed by atoms with E-state index < -0.39 is 0 Å². The molecule has 1 atom stereocenters. The van der Waals surface area contributed by atoms with Crippen LogP contribution in [0.3, 0.4) is 0 Å². The van der Waals surface area contributed by atoms with Crippen LogP contribution in [0.15, 0.2) is 18.2 Å². The second-order valence-electron chi connectivity index (χ2n) is 6.49. The van der Waals surface area contributed by atoms with Gasteiger partial charge in [-0.2, -0.15) is 11.8 Å². The fraction of sp³-hybridized carbons (Fsp3) is 0.647. The standard InChI is InChI=1S/C17H27FN2S/c1-4-15(19)12-13-11-14(18)5-6-16(13)20-8-7-17(2,3)21-10-9-20/h5-6,11,15H,4,7-10,12,19H2,1-3H3. The maximum Gasteiger partial charge on any atom is 0.123 e. The van der Waals surface area contributed by atoms with Gasteiger partial charge in [0.25, 0.3) is 0 Å². The molecular weight excluding hydrogens is 283 g/mol. The molecule has 4 heteroatoms. The van der Waals surface area contributed by atoms with Gasteiger partial charge in [0.1, 0.15) is 5.82 Å². The molecule has 0 radical (unpaired) electrons. The Labute approximate surface area is 132 Å². The van der Waals surface area contributed by atoms with Crippen LogP contribution in [-0.2, 0) is 6.42 Å². The Morgan fingerprint density at radius 3 is 2.86 bits per heavy atom. The summed E-state index contributed by atoms with van der Waals surface area (Å²) >= 11 is 2.03. The average Bonchev–Trinajstić information content (AvgIpc) is 2.60. The summed E-state index contributed by atoms with van der Waals surface area (Å²) < 4.78 is 13.9. The Morgan fingerprint density at radius 2 is 2.14 bits per heavy atom. The summed E-state index contributed by atoms with van der Waals surface area (Å²) in [5.41, 5.74) is 8.30. The molecular formula is C17H27FN2S. The van der Waals surface area contributed by atoms with Gasteiger partial charge in [-0.3, -0.25) is 0 Å². The molecule has 1 aromatic carbocycles. The van der Waals surface area contributed by atoms with Gasteiger partial charge in [0.05, 0.1) is 0 Å². The van der Waals surface area contributed by atoms with Crippen LogP contribution in [-0.4, -0.2) is 29.6 Å². The number of hydrogen-bond acceptors (Lipinski definition) is 3. The molecule has 21 heavy (non-hydrogen) atoms. The molecule has 0 bridgehead atoms. The fourth-order valence-corrected chi connectivity index (χ4v) is 3.81. The van der Waals surface area contributed by atoms with E-state index in [0.717, 1.165) is 43.7 Å². The minimum atomic E-state index is -0.165. The van der Waals surface area contributed by atoms with Crippen LogP contribution in [0, 0.1) is 5.82 Å². The summed E-state index contributed by atoms with van der Waals surface area (Å²) in [4.78, 5) is 2.40. The van der Waals surface area contributed by atoms with Crippen molar-refractivity contribution < 1.29 is 4.39 Å². The van der Waals surface area contributed by atoms with Gasteiger partial charge in [-0.15, -0.1) is 0 Å². The average molecular weight is 310 g/mol. The van der Waals surface area contributed by atoms with Crippen LogP contribution < -0.4 is 10.6 Å². The Morgan fingerprint density at radius 1 is 1.38 bits per heavy atom. The number of nitrogens with zero attached hydrogens (tertiary/aromatic N) is 1. The van der Waals surface area contributed by atoms with Crippen molar-refractivity contribution in [3.63, 3.8) is 0 Å². The van der Waals surface area contributed by atoms with Crippen LogP contribution in [0.1, 0.15) is 39.2 Å². The number of thioether (sulfide) groups is 1.